The first kappa shape index (κ1) is 19.1. The van der Waals surface area contributed by atoms with E-state index < -0.39 is 11.7 Å². The van der Waals surface area contributed by atoms with Crippen LogP contribution in [0.3, 0.4) is 0 Å². The second-order valence-corrected chi connectivity index (χ2v) is 7.93. The number of fused-ring (bicyclic) bond motifs is 3. The van der Waals surface area contributed by atoms with Gasteiger partial charge < -0.3 is 4.42 Å². The third-order valence-electron chi connectivity index (χ3n) is 4.81. The maximum atomic E-state index is 13.4. The van der Waals surface area contributed by atoms with Gasteiger partial charge in [-0.15, -0.1) is 0 Å². The number of nitrogens with zero attached hydrogens (tertiary/aromatic N) is 1. The first-order valence-electron chi connectivity index (χ1n) is 8.84. The first-order chi connectivity index (χ1) is 13.3. The number of halogens is 4. The van der Waals surface area contributed by atoms with Crippen molar-refractivity contribution in [3.8, 4) is 0 Å². The van der Waals surface area contributed by atoms with Crippen LogP contribution in [-0.4, -0.2) is 0 Å². The lowest BCUT2D eigenvalue weighted by Crippen LogP contribution is -2.04. The highest BCUT2D eigenvalue weighted by Gasteiger charge is 2.34. The summed E-state index contributed by atoms with van der Waals surface area (Å²) in [7, 11) is 0. The van der Waals surface area contributed by atoms with Gasteiger partial charge >= 0.3 is 6.18 Å². The number of para-hydroxylation sites is 2. The third-order valence-corrected chi connectivity index (χ3v) is 5.88. The molecule has 2 nitrogen and oxygen atoms in total. The summed E-state index contributed by atoms with van der Waals surface area (Å²) < 4.78 is 47.9. The number of hydrogen-bond acceptors (Lipinski definition) is 2. The van der Waals surface area contributed by atoms with E-state index in [9.17, 15) is 13.2 Å². The molecule has 6 heteroatoms. The van der Waals surface area contributed by atoms with Gasteiger partial charge in [-0.1, -0.05) is 50.2 Å². The van der Waals surface area contributed by atoms with Crippen molar-refractivity contribution in [3.05, 3.63) is 71.8 Å². The van der Waals surface area contributed by atoms with E-state index in [1.807, 2.05) is 27.4 Å². The van der Waals surface area contributed by atoms with Gasteiger partial charge in [-0.25, -0.2) is 0 Å². The van der Waals surface area contributed by atoms with E-state index in [2.05, 4.69) is 48.8 Å². The Bertz CT molecular complexity index is 1150. The van der Waals surface area contributed by atoms with E-state index in [1.165, 1.54) is 11.6 Å². The van der Waals surface area contributed by atoms with Crippen molar-refractivity contribution in [1.82, 2.24) is 0 Å². The highest BCUT2D eigenvalue weighted by atomic mass is 127. The third kappa shape index (κ3) is 3.23. The van der Waals surface area contributed by atoms with Gasteiger partial charge in [0, 0.05) is 10.8 Å². The smallest absolute Gasteiger partial charge is 0.420 e. The van der Waals surface area contributed by atoms with Gasteiger partial charge in [-0.05, 0) is 35.7 Å². The molecule has 0 amide bonds. The van der Waals surface area contributed by atoms with Gasteiger partial charge in [0.05, 0.1) is 39.8 Å². The molecular formula is C22H17F3INO. The van der Waals surface area contributed by atoms with Gasteiger partial charge in [-0.2, -0.15) is 13.2 Å². The normalized spacial score (nSPS) is 12.2. The van der Waals surface area contributed by atoms with Crippen LogP contribution in [0.2, 0.25) is 0 Å². The van der Waals surface area contributed by atoms with E-state index >= 15 is 0 Å². The van der Waals surface area contributed by atoms with Crippen molar-refractivity contribution < 1.29 is 17.6 Å². The molecule has 0 bridgehead atoms. The average Bonchev–Trinajstić information content (AvgIpc) is 3.05. The van der Waals surface area contributed by atoms with Gasteiger partial charge in [0.2, 0.25) is 0 Å². The summed E-state index contributed by atoms with van der Waals surface area (Å²) in [5.74, 6) is 0.427. The summed E-state index contributed by atoms with van der Waals surface area (Å²) >= 11 is 2.15. The van der Waals surface area contributed by atoms with Crippen LogP contribution >= 0.6 is 22.9 Å². The lowest BCUT2D eigenvalue weighted by atomic mass is 10.0. The average molecular weight is 495 g/mol. The number of anilines is 2. The van der Waals surface area contributed by atoms with Crippen molar-refractivity contribution in [1.29, 1.82) is 0 Å². The van der Waals surface area contributed by atoms with Crippen molar-refractivity contribution in [2.75, 3.05) is 3.11 Å². The van der Waals surface area contributed by atoms with Crippen LogP contribution in [-0.2, 0) is 6.18 Å². The van der Waals surface area contributed by atoms with E-state index in [1.54, 1.807) is 12.1 Å². The molecule has 0 saturated carbocycles. The number of hydrogen-bond donors (Lipinski definition) is 0. The minimum Gasteiger partial charge on any atom is -0.453 e. The Kier molecular flexibility index (Phi) is 4.77. The zero-order chi connectivity index (χ0) is 20.1. The summed E-state index contributed by atoms with van der Waals surface area (Å²) in [6.45, 7) is 4.26. The van der Waals surface area contributed by atoms with E-state index in [0.29, 0.717) is 28.0 Å². The summed E-state index contributed by atoms with van der Waals surface area (Å²) in [6.07, 6.45) is -4.47. The molecule has 0 aliphatic heterocycles. The lowest BCUT2D eigenvalue weighted by molar-refractivity contribution is -0.136. The van der Waals surface area contributed by atoms with Crippen LogP contribution in [0.1, 0.15) is 30.9 Å². The van der Waals surface area contributed by atoms with Gasteiger partial charge in [-0.3, -0.25) is 3.11 Å². The fraction of sp³-hybridized carbons (Fsp3) is 0.182. The standard InChI is InChI=1S/C22H17F3INO/c1-13(2)14-9-11-15(12-10-14)27(26)19-8-4-6-17-16-5-3-7-18(22(23,24)25)20(16)28-21(17)19/h3-13H,1-2H3. The van der Waals surface area contributed by atoms with E-state index in [4.69, 9.17) is 4.42 Å². The first-order valence-corrected chi connectivity index (χ1v) is 9.81. The molecule has 0 radical (unpaired) electrons. The Balaban J connectivity index is 1.88. The van der Waals surface area contributed by atoms with Crippen molar-refractivity contribution in [2.45, 2.75) is 25.9 Å². The van der Waals surface area contributed by atoms with Gasteiger partial charge in [0.1, 0.15) is 5.58 Å². The molecule has 0 unspecified atom stereocenters. The van der Waals surface area contributed by atoms with Crippen LogP contribution in [0.4, 0.5) is 24.5 Å². The van der Waals surface area contributed by atoms with Crippen LogP contribution < -0.4 is 3.11 Å². The summed E-state index contributed by atoms with van der Waals surface area (Å²) in [5.41, 5.74) is 2.42. The van der Waals surface area contributed by atoms with E-state index in [-0.39, 0.29) is 5.58 Å². The predicted octanol–water partition coefficient (Wildman–Crippen LogP) is 8.22. The fourth-order valence-corrected chi connectivity index (χ4v) is 4.01. The number of alkyl halides is 3. The molecule has 0 saturated heterocycles. The Hall–Kier alpha value is -2.22. The zero-order valence-corrected chi connectivity index (χ0v) is 17.4. The highest BCUT2D eigenvalue weighted by Crippen LogP contribution is 2.43. The van der Waals surface area contributed by atoms with Crippen LogP contribution in [0.5, 0.6) is 0 Å². The molecule has 0 aliphatic rings. The minimum absolute atomic E-state index is 0.127. The van der Waals surface area contributed by atoms with Crippen LogP contribution in [0, 0.1) is 0 Å². The topological polar surface area (TPSA) is 16.4 Å². The number of benzene rings is 3. The zero-order valence-electron chi connectivity index (χ0n) is 15.2. The molecule has 144 valence electrons. The molecular weight excluding hydrogens is 478 g/mol. The Morgan fingerprint density at radius 2 is 1.46 bits per heavy atom. The fourth-order valence-electron chi connectivity index (χ4n) is 3.31. The Morgan fingerprint density at radius 1 is 0.857 bits per heavy atom. The SMILES string of the molecule is CC(C)c1ccc(N(I)c2cccc3c2oc2c(C(F)(F)F)cccc23)cc1. The maximum absolute atomic E-state index is 13.4. The molecule has 0 atom stereocenters. The largest absolute Gasteiger partial charge is 0.453 e. The summed E-state index contributed by atoms with van der Waals surface area (Å²) in [4.78, 5) is 0. The molecule has 0 spiro atoms. The van der Waals surface area contributed by atoms with Crippen LogP contribution in [0.25, 0.3) is 21.9 Å². The van der Waals surface area contributed by atoms with Gasteiger partial charge in [0.15, 0.2) is 5.58 Å². The number of rotatable bonds is 3. The molecule has 1 aromatic heterocycles. The molecule has 0 fully saturated rings. The molecule has 28 heavy (non-hydrogen) atoms. The van der Waals surface area contributed by atoms with Crippen molar-refractivity contribution in [3.63, 3.8) is 0 Å². The van der Waals surface area contributed by atoms with Crippen molar-refractivity contribution >= 4 is 56.2 Å². The summed E-state index contributed by atoms with van der Waals surface area (Å²) in [6, 6.07) is 17.7. The minimum atomic E-state index is -4.47. The molecule has 0 aliphatic carbocycles. The Labute approximate surface area is 174 Å². The number of furan rings is 1. The predicted molar refractivity (Wildman–Crippen MR) is 115 cm³/mol. The monoisotopic (exact) mass is 495 g/mol. The maximum Gasteiger partial charge on any atom is 0.420 e. The Morgan fingerprint density at radius 3 is 2.07 bits per heavy atom. The lowest BCUT2D eigenvalue weighted by Gasteiger charge is -2.18. The molecule has 4 rings (SSSR count). The quantitative estimate of drug-likeness (QED) is 0.210. The molecule has 3 aromatic carbocycles. The van der Waals surface area contributed by atoms with E-state index in [0.717, 1.165) is 11.8 Å². The molecule has 0 N–H and O–H groups in total. The highest BCUT2D eigenvalue weighted by molar-refractivity contribution is 14.1. The summed E-state index contributed by atoms with van der Waals surface area (Å²) in [5, 5.41) is 1.13. The van der Waals surface area contributed by atoms with Crippen LogP contribution in [0.15, 0.2) is 65.1 Å². The molecule has 4 aromatic rings. The van der Waals surface area contributed by atoms with Gasteiger partial charge in [0.25, 0.3) is 0 Å². The molecule has 1 heterocycles. The second kappa shape index (κ2) is 6.99. The van der Waals surface area contributed by atoms with Crippen molar-refractivity contribution in [2.24, 2.45) is 0 Å². The second-order valence-electron chi connectivity index (χ2n) is 6.96.